The van der Waals surface area contributed by atoms with Crippen LogP contribution in [0.4, 0.5) is 0 Å². The highest BCUT2D eigenvalue weighted by molar-refractivity contribution is 6.30. The highest BCUT2D eigenvalue weighted by atomic mass is 35.5. The molecule has 0 aromatic heterocycles. The molecule has 0 aliphatic carbocycles. The van der Waals surface area contributed by atoms with Gasteiger partial charge >= 0.3 is 0 Å². The quantitative estimate of drug-likeness (QED) is 0.810. The Labute approximate surface area is 107 Å². The van der Waals surface area contributed by atoms with E-state index in [0.29, 0.717) is 6.54 Å². The second-order valence-corrected chi connectivity index (χ2v) is 5.24. The molecule has 1 aromatic carbocycles. The Morgan fingerprint density at radius 3 is 2.35 bits per heavy atom. The molecule has 1 unspecified atom stereocenters. The van der Waals surface area contributed by atoms with Crippen molar-refractivity contribution in [2.45, 2.75) is 38.3 Å². The van der Waals surface area contributed by atoms with Crippen LogP contribution in [0.1, 0.15) is 31.9 Å². The van der Waals surface area contributed by atoms with Crippen LogP contribution in [0, 0.1) is 0 Å². The van der Waals surface area contributed by atoms with Gasteiger partial charge in [-0.1, -0.05) is 24.3 Å². The first-order valence-electron chi connectivity index (χ1n) is 5.54. The predicted octanol–water partition coefficient (Wildman–Crippen LogP) is 2.16. The Hall–Kier alpha value is -1.06. The third kappa shape index (κ3) is 4.36. The van der Waals surface area contributed by atoms with E-state index in [0.717, 1.165) is 11.1 Å². The summed E-state index contributed by atoms with van der Waals surface area (Å²) < 4.78 is 0. The smallest absolute Gasteiger partial charge is 0.238 e. The fraction of sp³-hybridized carbons (Fsp3) is 0.462. The summed E-state index contributed by atoms with van der Waals surface area (Å²) in [4.78, 5) is 11.3. The SMILES string of the molecule is CC(Cl)C(=O)NCc1ccc(C(C)(C)O)cc1. The number of hydrogen-bond donors (Lipinski definition) is 2. The zero-order chi connectivity index (χ0) is 13.1. The van der Waals surface area contributed by atoms with Crippen molar-refractivity contribution in [2.24, 2.45) is 0 Å². The normalized spacial score (nSPS) is 13.2. The molecule has 0 saturated carbocycles. The molecule has 17 heavy (non-hydrogen) atoms. The minimum Gasteiger partial charge on any atom is -0.386 e. The van der Waals surface area contributed by atoms with Gasteiger partial charge in [-0.15, -0.1) is 11.6 Å². The van der Waals surface area contributed by atoms with Gasteiger partial charge in [-0.3, -0.25) is 4.79 Å². The molecule has 0 fully saturated rings. The predicted molar refractivity (Wildman–Crippen MR) is 68.8 cm³/mol. The highest BCUT2D eigenvalue weighted by Crippen LogP contribution is 2.19. The zero-order valence-corrected chi connectivity index (χ0v) is 11.1. The summed E-state index contributed by atoms with van der Waals surface area (Å²) in [7, 11) is 0. The lowest BCUT2D eigenvalue weighted by molar-refractivity contribution is -0.120. The largest absolute Gasteiger partial charge is 0.386 e. The van der Waals surface area contributed by atoms with Crippen molar-refractivity contribution < 1.29 is 9.90 Å². The molecule has 0 bridgehead atoms. The number of aliphatic hydroxyl groups is 1. The van der Waals surface area contributed by atoms with E-state index in [4.69, 9.17) is 11.6 Å². The van der Waals surface area contributed by atoms with Gasteiger partial charge in [0, 0.05) is 6.54 Å². The van der Waals surface area contributed by atoms with Crippen LogP contribution in [0.3, 0.4) is 0 Å². The molecule has 2 N–H and O–H groups in total. The fourth-order valence-corrected chi connectivity index (χ4v) is 1.44. The number of carbonyl (C=O) groups excluding carboxylic acids is 1. The summed E-state index contributed by atoms with van der Waals surface area (Å²) in [5, 5.41) is 12.0. The maximum Gasteiger partial charge on any atom is 0.238 e. The zero-order valence-electron chi connectivity index (χ0n) is 10.3. The number of alkyl halides is 1. The summed E-state index contributed by atoms with van der Waals surface area (Å²) in [6.07, 6.45) is 0. The van der Waals surface area contributed by atoms with E-state index in [1.54, 1.807) is 20.8 Å². The first-order valence-corrected chi connectivity index (χ1v) is 5.98. The van der Waals surface area contributed by atoms with E-state index >= 15 is 0 Å². The fourth-order valence-electron chi connectivity index (χ4n) is 1.36. The van der Waals surface area contributed by atoms with Crippen LogP contribution in [0.15, 0.2) is 24.3 Å². The third-order valence-corrected chi connectivity index (χ3v) is 2.69. The van der Waals surface area contributed by atoms with Gasteiger partial charge in [0.2, 0.25) is 5.91 Å². The minimum atomic E-state index is -0.841. The molecule has 0 aliphatic heterocycles. The molecular formula is C13H18ClNO2. The summed E-state index contributed by atoms with van der Waals surface area (Å²) >= 11 is 5.63. The molecule has 1 atom stereocenters. The number of benzene rings is 1. The average molecular weight is 256 g/mol. The molecule has 4 heteroatoms. The van der Waals surface area contributed by atoms with Gasteiger partial charge < -0.3 is 10.4 Å². The van der Waals surface area contributed by atoms with Crippen molar-refractivity contribution in [3.63, 3.8) is 0 Å². The number of hydrogen-bond acceptors (Lipinski definition) is 2. The highest BCUT2D eigenvalue weighted by Gasteiger charge is 2.15. The molecular weight excluding hydrogens is 238 g/mol. The molecule has 0 heterocycles. The summed E-state index contributed by atoms with van der Waals surface area (Å²) in [5.74, 6) is -0.182. The summed E-state index contributed by atoms with van der Waals surface area (Å²) in [6, 6.07) is 7.47. The Morgan fingerprint density at radius 1 is 1.41 bits per heavy atom. The van der Waals surface area contributed by atoms with Crippen molar-refractivity contribution in [1.29, 1.82) is 0 Å². The summed E-state index contributed by atoms with van der Waals surface area (Å²) in [6.45, 7) is 5.55. The van der Waals surface area contributed by atoms with Crippen molar-refractivity contribution in [3.8, 4) is 0 Å². The van der Waals surface area contributed by atoms with Crippen molar-refractivity contribution >= 4 is 17.5 Å². The first kappa shape index (κ1) is 14.0. The molecule has 0 spiro atoms. The van der Waals surface area contributed by atoms with Gasteiger partial charge in [-0.05, 0) is 31.9 Å². The Kier molecular flexibility index (Phi) is 4.54. The number of halogens is 1. The van der Waals surface area contributed by atoms with Crippen LogP contribution in [-0.2, 0) is 16.9 Å². The van der Waals surface area contributed by atoms with Gasteiger partial charge in [0.15, 0.2) is 0 Å². The lowest BCUT2D eigenvalue weighted by Gasteiger charge is -2.18. The number of carbonyl (C=O) groups is 1. The van der Waals surface area contributed by atoms with Crippen molar-refractivity contribution in [1.82, 2.24) is 5.32 Å². The first-order chi connectivity index (χ1) is 7.80. The van der Waals surface area contributed by atoms with Crippen LogP contribution >= 0.6 is 11.6 Å². The number of amides is 1. The Morgan fingerprint density at radius 2 is 1.94 bits per heavy atom. The second-order valence-electron chi connectivity index (χ2n) is 4.59. The van der Waals surface area contributed by atoms with E-state index in [-0.39, 0.29) is 5.91 Å². The standard InChI is InChI=1S/C13H18ClNO2/c1-9(14)12(16)15-8-10-4-6-11(7-5-10)13(2,3)17/h4-7,9,17H,8H2,1-3H3,(H,15,16). The molecule has 0 radical (unpaired) electrons. The molecule has 1 rings (SSSR count). The van der Waals surface area contributed by atoms with Gasteiger partial charge in [0.25, 0.3) is 0 Å². The van der Waals surface area contributed by atoms with Crippen LogP contribution in [0.25, 0.3) is 0 Å². The topological polar surface area (TPSA) is 49.3 Å². The molecule has 1 aromatic rings. The third-order valence-electron chi connectivity index (χ3n) is 2.49. The molecule has 0 saturated heterocycles. The lowest BCUT2D eigenvalue weighted by atomic mass is 9.97. The van der Waals surface area contributed by atoms with Gasteiger partial charge in [-0.25, -0.2) is 0 Å². The molecule has 94 valence electrons. The van der Waals surface area contributed by atoms with Crippen molar-refractivity contribution in [3.05, 3.63) is 35.4 Å². The number of rotatable bonds is 4. The van der Waals surface area contributed by atoms with E-state index in [1.165, 1.54) is 0 Å². The Bertz CT molecular complexity index is 379. The van der Waals surface area contributed by atoms with E-state index in [9.17, 15) is 9.90 Å². The van der Waals surface area contributed by atoms with Gasteiger partial charge in [-0.2, -0.15) is 0 Å². The van der Waals surface area contributed by atoms with Gasteiger partial charge in [0.1, 0.15) is 5.38 Å². The molecule has 3 nitrogen and oxygen atoms in total. The molecule has 0 aliphatic rings. The van der Waals surface area contributed by atoms with Gasteiger partial charge in [0.05, 0.1) is 5.60 Å². The Balaban J connectivity index is 2.61. The van der Waals surface area contributed by atoms with Crippen LogP contribution < -0.4 is 5.32 Å². The monoisotopic (exact) mass is 255 g/mol. The van der Waals surface area contributed by atoms with Crippen LogP contribution in [0.5, 0.6) is 0 Å². The lowest BCUT2D eigenvalue weighted by Crippen LogP contribution is -2.29. The molecule has 1 amide bonds. The maximum absolute atomic E-state index is 11.3. The van der Waals surface area contributed by atoms with Crippen molar-refractivity contribution in [2.75, 3.05) is 0 Å². The maximum atomic E-state index is 11.3. The van der Waals surface area contributed by atoms with E-state index < -0.39 is 11.0 Å². The van der Waals surface area contributed by atoms with Crippen LogP contribution in [0.2, 0.25) is 0 Å². The van der Waals surface area contributed by atoms with E-state index in [2.05, 4.69) is 5.32 Å². The summed E-state index contributed by atoms with van der Waals surface area (Å²) in [5.41, 5.74) is 0.980. The second kappa shape index (κ2) is 5.52. The van der Waals surface area contributed by atoms with Crippen LogP contribution in [-0.4, -0.2) is 16.4 Å². The number of nitrogens with one attached hydrogen (secondary N) is 1. The minimum absolute atomic E-state index is 0.182. The average Bonchev–Trinajstić information content (AvgIpc) is 2.25. The van der Waals surface area contributed by atoms with E-state index in [1.807, 2.05) is 24.3 Å².